The predicted molar refractivity (Wildman–Crippen MR) is 84.5 cm³/mol. The van der Waals surface area contributed by atoms with E-state index in [1.807, 2.05) is 0 Å². The van der Waals surface area contributed by atoms with Crippen molar-refractivity contribution in [3.63, 3.8) is 0 Å². The number of aliphatic carboxylic acids is 1. The summed E-state index contributed by atoms with van der Waals surface area (Å²) in [5.41, 5.74) is 0.333. The summed E-state index contributed by atoms with van der Waals surface area (Å²) in [4.78, 5) is 22.6. The van der Waals surface area contributed by atoms with Crippen LogP contribution in [0.3, 0.4) is 0 Å². The molecular formula is C13H15ClINO4. The van der Waals surface area contributed by atoms with Crippen LogP contribution >= 0.6 is 34.2 Å². The molecule has 0 aromatic heterocycles. The van der Waals surface area contributed by atoms with Crippen molar-refractivity contribution >= 4 is 46.1 Å². The summed E-state index contributed by atoms with van der Waals surface area (Å²) in [5.74, 6) is -0.791. The summed E-state index contributed by atoms with van der Waals surface area (Å²) in [6.45, 7) is 1.75. The Kier molecular flexibility index (Phi) is 6.54. The number of benzene rings is 1. The van der Waals surface area contributed by atoms with Crippen molar-refractivity contribution in [2.75, 3.05) is 7.11 Å². The zero-order chi connectivity index (χ0) is 15.3. The number of amides is 1. The molecule has 0 spiro atoms. The molecule has 5 nitrogen and oxygen atoms in total. The van der Waals surface area contributed by atoms with Crippen LogP contribution in [0, 0.1) is 3.57 Å². The van der Waals surface area contributed by atoms with Gasteiger partial charge in [0, 0.05) is 16.0 Å². The second kappa shape index (κ2) is 7.68. The van der Waals surface area contributed by atoms with Crippen LogP contribution in [0.15, 0.2) is 12.1 Å². The van der Waals surface area contributed by atoms with Gasteiger partial charge < -0.3 is 15.2 Å². The Labute approximate surface area is 135 Å². The van der Waals surface area contributed by atoms with E-state index in [0.717, 1.165) is 3.57 Å². The van der Waals surface area contributed by atoms with Crippen LogP contribution in [0.2, 0.25) is 5.02 Å². The van der Waals surface area contributed by atoms with Gasteiger partial charge in [0.15, 0.2) is 0 Å². The highest BCUT2D eigenvalue weighted by Gasteiger charge is 2.17. The number of hydrogen-bond acceptors (Lipinski definition) is 3. The van der Waals surface area contributed by atoms with Crippen molar-refractivity contribution in [3.05, 3.63) is 26.3 Å². The number of carboxylic acid groups (broad SMARTS) is 1. The Balaban J connectivity index is 2.81. The maximum atomic E-state index is 12.1. The summed E-state index contributed by atoms with van der Waals surface area (Å²) in [6, 6.07) is 2.97. The number of methoxy groups -OCH3 is 1. The number of carbonyl (C=O) groups is 2. The van der Waals surface area contributed by atoms with Gasteiger partial charge in [-0.2, -0.15) is 0 Å². The van der Waals surface area contributed by atoms with Crippen molar-refractivity contribution in [3.8, 4) is 5.75 Å². The maximum absolute atomic E-state index is 12.1. The molecule has 0 saturated heterocycles. The molecule has 1 unspecified atom stereocenters. The molecule has 1 rings (SSSR count). The highest BCUT2D eigenvalue weighted by Crippen LogP contribution is 2.28. The first-order chi connectivity index (χ1) is 9.35. The molecule has 1 aromatic rings. The first kappa shape index (κ1) is 17.0. The minimum absolute atomic E-state index is 0.00598. The summed E-state index contributed by atoms with van der Waals surface area (Å²) in [6.07, 6.45) is 0.369. The molecule has 1 atom stereocenters. The van der Waals surface area contributed by atoms with Crippen molar-refractivity contribution in [1.29, 1.82) is 0 Å². The number of carboxylic acids is 1. The summed E-state index contributed by atoms with van der Waals surface area (Å²) < 4.78 is 5.95. The van der Waals surface area contributed by atoms with Gasteiger partial charge in [0.05, 0.1) is 17.7 Å². The second-order valence-electron chi connectivity index (χ2n) is 4.27. The second-order valence-corrected chi connectivity index (χ2v) is 5.84. The number of nitrogens with one attached hydrogen (secondary N) is 1. The standard InChI is InChI=1S/C13H15ClINO4/c1-7(3-4-12(17)18)16-13(19)8-5-9(14)10(15)6-11(8)20-2/h5-7H,3-4H2,1-2H3,(H,16,19)(H,17,18). The van der Waals surface area contributed by atoms with E-state index >= 15 is 0 Å². The lowest BCUT2D eigenvalue weighted by molar-refractivity contribution is -0.137. The van der Waals surface area contributed by atoms with Gasteiger partial charge in [-0.15, -0.1) is 0 Å². The van der Waals surface area contributed by atoms with Gasteiger partial charge in [-0.1, -0.05) is 11.6 Å². The van der Waals surface area contributed by atoms with Crippen molar-refractivity contribution in [1.82, 2.24) is 5.32 Å². The molecule has 0 heterocycles. The number of ether oxygens (including phenoxy) is 1. The van der Waals surface area contributed by atoms with Crippen LogP contribution in [-0.2, 0) is 4.79 Å². The van der Waals surface area contributed by atoms with Gasteiger partial charge in [-0.05, 0) is 48.1 Å². The molecule has 20 heavy (non-hydrogen) atoms. The minimum atomic E-state index is -0.888. The van der Waals surface area contributed by atoms with E-state index in [9.17, 15) is 9.59 Å². The average Bonchev–Trinajstić information content (AvgIpc) is 2.38. The van der Waals surface area contributed by atoms with E-state index < -0.39 is 5.97 Å². The number of rotatable bonds is 6. The molecule has 0 bridgehead atoms. The van der Waals surface area contributed by atoms with E-state index in [1.54, 1.807) is 19.1 Å². The van der Waals surface area contributed by atoms with Crippen LogP contribution in [0.25, 0.3) is 0 Å². The third-order valence-electron chi connectivity index (χ3n) is 2.66. The summed E-state index contributed by atoms with van der Waals surface area (Å²) >= 11 is 8.06. The molecule has 0 radical (unpaired) electrons. The molecule has 7 heteroatoms. The fourth-order valence-electron chi connectivity index (χ4n) is 1.59. The molecule has 0 aliphatic rings. The molecule has 1 amide bonds. The van der Waals surface area contributed by atoms with Crippen molar-refractivity contribution in [2.24, 2.45) is 0 Å². The lowest BCUT2D eigenvalue weighted by Gasteiger charge is -2.15. The topological polar surface area (TPSA) is 75.6 Å². The lowest BCUT2D eigenvalue weighted by Crippen LogP contribution is -2.33. The predicted octanol–water partition coefficient (Wildman–Crippen LogP) is 2.94. The summed E-state index contributed by atoms with van der Waals surface area (Å²) in [7, 11) is 1.48. The highest BCUT2D eigenvalue weighted by molar-refractivity contribution is 14.1. The Hall–Kier alpha value is -1.02. The Morgan fingerprint density at radius 3 is 2.70 bits per heavy atom. The van der Waals surface area contributed by atoms with Crippen LogP contribution in [0.1, 0.15) is 30.1 Å². The van der Waals surface area contributed by atoms with E-state index in [2.05, 4.69) is 27.9 Å². The number of halogens is 2. The van der Waals surface area contributed by atoms with Gasteiger partial charge in [0.25, 0.3) is 5.91 Å². The molecular weight excluding hydrogens is 397 g/mol. The Morgan fingerprint density at radius 2 is 2.15 bits per heavy atom. The van der Waals surface area contributed by atoms with Crippen LogP contribution in [0.4, 0.5) is 0 Å². The van der Waals surface area contributed by atoms with Gasteiger partial charge in [0.2, 0.25) is 0 Å². The van der Waals surface area contributed by atoms with Gasteiger partial charge in [-0.25, -0.2) is 0 Å². The fourth-order valence-corrected chi connectivity index (χ4v) is 2.19. The first-order valence-electron chi connectivity index (χ1n) is 5.90. The zero-order valence-electron chi connectivity index (χ0n) is 11.1. The SMILES string of the molecule is COc1cc(I)c(Cl)cc1C(=O)NC(C)CCC(=O)O. The monoisotopic (exact) mass is 411 g/mol. The smallest absolute Gasteiger partial charge is 0.303 e. The number of carbonyl (C=O) groups excluding carboxylic acids is 1. The number of hydrogen-bond donors (Lipinski definition) is 2. The molecule has 0 saturated carbocycles. The first-order valence-corrected chi connectivity index (χ1v) is 7.36. The molecule has 1 aromatic carbocycles. The highest BCUT2D eigenvalue weighted by atomic mass is 127. The van der Waals surface area contributed by atoms with Gasteiger partial charge in [0.1, 0.15) is 5.75 Å². The van der Waals surface area contributed by atoms with Crippen LogP contribution in [0.5, 0.6) is 5.75 Å². The Bertz CT molecular complexity index is 521. The van der Waals surface area contributed by atoms with Gasteiger partial charge >= 0.3 is 5.97 Å². The van der Waals surface area contributed by atoms with Gasteiger partial charge in [-0.3, -0.25) is 9.59 Å². The quantitative estimate of drug-likeness (QED) is 0.706. The van der Waals surface area contributed by atoms with Crippen LogP contribution < -0.4 is 10.1 Å². The van der Waals surface area contributed by atoms with E-state index in [1.165, 1.54) is 7.11 Å². The third kappa shape index (κ3) is 4.82. The van der Waals surface area contributed by atoms with E-state index in [4.69, 9.17) is 21.4 Å². The summed E-state index contributed by atoms with van der Waals surface area (Å²) in [5, 5.41) is 11.8. The maximum Gasteiger partial charge on any atom is 0.303 e. The van der Waals surface area contributed by atoms with Crippen molar-refractivity contribution < 1.29 is 19.4 Å². The molecule has 0 aliphatic heterocycles. The lowest BCUT2D eigenvalue weighted by atomic mass is 10.1. The Morgan fingerprint density at radius 1 is 1.50 bits per heavy atom. The normalized spacial score (nSPS) is 11.8. The molecule has 0 fully saturated rings. The van der Waals surface area contributed by atoms with E-state index in [0.29, 0.717) is 22.8 Å². The largest absolute Gasteiger partial charge is 0.496 e. The molecule has 2 N–H and O–H groups in total. The fraction of sp³-hybridized carbons (Fsp3) is 0.385. The zero-order valence-corrected chi connectivity index (χ0v) is 14.0. The van der Waals surface area contributed by atoms with E-state index in [-0.39, 0.29) is 18.4 Å². The van der Waals surface area contributed by atoms with Crippen LogP contribution in [-0.4, -0.2) is 30.1 Å². The van der Waals surface area contributed by atoms with Crippen molar-refractivity contribution in [2.45, 2.75) is 25.8 Å². The third-order valence-corrected chi connectivity index (χ3v) is 4.18. The molecule has 0 aliphatic carbocycles. The molecule has 110 valence electrons. The average molecular weight is 412 g/mol. The minimum Gasteiger partial charge on any atom is -0.496 e.